The summed E-state index contributed by atoms with van der Waals surface area (Å²) >= 11 is 5.03. The van der Waals surface area contributed by atoms with Crippen LogP contribution in [0.4, 0.5) is 0 Å². The Hall–Kier alpha value is -2.41. The summed E-state index contributed by atoms with van der Waals surface area (Å²) in [6, 6.07) is 7.30. The van der Waals surface area contributed by atoms with E-state index in [1.165, 1.54) is 4.57 Å². The number of H-pyrrole nitrogens is 1. The summed E-state index contributed by atoms with van der Waals surface area (Å²) in [5, 5.41) is 6.54. The van der Waals surface area contributed by atoms with Crippen LogP contribution in [0.5, 0.6) is 5.75 Å². The second-order valence-corrected chi connectivity index (χ2v) is 4.51. The fraction of sp³-hybridized carbons (Fsp3) is 0.154. The minimum Gasteiger partial charge on any atom is -0.494 e. The maximum Gasteiger partial charge on any atom is 0.300 e. The first-order valence-corrected chi connectivity index (χ1v) is 6.53. The van der Waals surface area contributed by atoms with E-state index in [1.807, 2.05) is 31.2 Å². The van der Waals surface area contributed by atoms with Gasteiger partial charge in [-0.1, -0.05) is 0 Å². The molecule has 6 nitrogen and oxygen atoms in total. The summed E-state index contributed by atoms with van der Waals surface area (Å²) in [6.07, 6.45) is 3.37. The molecule has 0 aliphatic rings. The Kier molecular flexibility index (Phi) is 3.11. The van der Waals surface area contributed by atoms with Crippen molar-refractivity contribution in [1.82, 2.24) is 19.2 Å². The van der Waals surface area contributed by atoms with Gasteiger partial charge in [-0.05, 0) is 43.4 Å². The third kappa shape index (κ3) is 2.01. The minimum atomic E-state index is -0.232. The Morgan fingerprint density at radius 3 is 2.75 bits per heavy atom. The van der Waals surface area contributed by atoms with Crippen molar-refractivity contribution in [1.29, 1.82) is 0 Å². The van der Waals surface area contributed by atoms with Crippen molar-refractivity contribution in [3.63, 3.8) is 0 Å². The van der Waals surface area contributed by atoms with Gasteiger partial charge in [0.1, 0.15) is 5.75 Å². The van der Waals surface area contributed by atoms with Crippen molar-refractivity contribution in [2.75, 3.05) is 6.61 Å². The van der Waals surface area contributed by atoms with Gasteiger partial charge < -0.3 is 4.74 Å². The van der Waals surface area contributed by atoms with Crippen LogP contribution in [0.2, 0.25) is 0 Å². The highest BCUT2D eigenvalue weighted by Gasteiger charge is 2.07. The fourth-order valence-electron chi connectivity index (χ4n) is 1.98. The zero-order valence-electron chi connectivity index (χ0n) is 10.7. The predicted molar refractivity (Wildman–Crippen MR) is 77.1 cm³/mol. The average Bonchev–Trinajstić information content (AvgIpc) is 2.83. The number of fused-ring (bicyclic) bond motifs is 1. The highest BCUT2D eigenvalue weighted by molar-refractivity contribution is 7.71. The highest BCUT2D eigenvalue weighted by Crippen LogP contribution is 2.14. The molecule has 0 amide bonds. The van der Waals surface area contributed by atoms with Crippen LogP contribution in [0.3, 0.4) is 0 Å². The topological polar surface area (TPSA) is 64.3 Å². The fourth-order valence-corrected chi connectivity index (χ4v) is 2.17. The summed E-state index contributed by atoms with van der Waals surface area (Å²) in [5.74, 6) is 0.771. The van der Waals surface area contributed by atoms with Crippen LogP contribution in [0.25, 0.3) is 11.3 Å². The molecule has 0 radical (unpaired) electrons. The number of nitrogens with one attached hydrogen (secondary N) is 1. The Balaban J connectivity index is 2.12. The molecule has 0 aliphatic heterocycles. The Morgan fingerprint density at radius 1 is 1.30 bits per heavy atom. The molecule has 0 bridgehead atoms. The largest absolute Gasteiger partial charge is 0.494 e. The number of aromatic amines is 1. The maximum absolute atomic E-state index is 12.3. The van der Waals surface area contributed by atoms with Crippen molar-refractivity contribution in [3.8, 4) is 11.4 Å². The van der Waals surface area contributed by atoms with E-state index < -0.39 is 0 Å². The third-order valence-corrected chi connectivity index (χ3v) is 3.19. The molecule has 0 saturated carbocycles. The number of hydrogen-bond donors (Lipinski definition) is 1. The first kappa shape index (κ1) is 12.6. The zero-order chi connectivity index (χ0) is 14.1. The number of ether oxygens (including phenoxy) is 1. The van der Waals surface area contributed by atoms with Gasteiger partial charge >= 0.3 is 5.56 Å². The van der Waals surface area contributed by atoms with Gasteiger partial charge in [0.15, 0.2) is 4.77 Å². The molecule has 2 heterocycles. The molecular weight excluding hydrogens is 276 g/mol. The van der Waals surface area contributed by atoms with E-state index in [0.29, 0.717) is 11.4 Å². The number of hydrogen-bond acceptors (Lipinski definition) is 4. The number of rotatable bonds is 3. The SMILES string of the molecule is CCOc1ccc(-n2ccn3c(=S)[nH]nc3c2=O)cc1. The van der Waals surface area contributed by atoms with Gasteiger partial charge in [-0.3, -0.25) is 18.9 Å². The molecule has 20 heavy (non-hydrogen) atoms. The Bertz CT molecular complexity index is 860. The molecule has 1 N–H and O–H groups in total. The molecular formula is C13H12N4O2S. The van der Waals surface area contributed by atoms with E-state index in [2.05, 4.69) is 10.2 Å². The van der Waals surface area contributed by atoms with E-state index in [0.717, 1.165) is 11.4 Å². The molecule has 0 atom stereocenters. The smallest absolute Gasteiger partial charge is 0.300 e. The molecule has 0 saturated heterocycles. The van der Waals surface area contributed by atoms with Gasteiger partial charge in [-0.25, -0.2) is 0 Å². The van der Waals surface area contributed by atoms with Crippen molar-refractivity contribution < 1.29 is 4.74 Å². The highest BCUT2D eigenvalue weighted by atomic mass is 32.1. The van der Waals surface area contributed by atoms with Gasteiger partial charge in [-0.15, -0.1) is 5.10 Å². The number of nitrogens with zero attached hydrogens (tertiary/aromatic N) is 3. The summed E-state index contributed by atoms with van der Waals surface area (Å²) in [7, 11) is 0. The molecule has 1 aromatic carbocycles. The van der Waals surface area contributed by atoms with Crippen molar-refractivity contribution in [2.45, 2.75) is 6.92 Å². The molecule has 0 fully saturated rings. The van der Waals surface area contributed by atoms with Crippen LogP contribution in [-0.2, 0) is 0 Å². The Morgan fingerprint density at radius 2 is 2.05 bits per heavy atom. The van der Waals surface area contributed by atoms with Crippen molar-refractivity contribution in [2.24, 2.45) is 0 Å². The van der Waals surface area contributed by atoms with Crippen LogP contribution in [0.15, 0.2) is 41.5 Å². The number of benzene rings is 1. The molecule has 102 valence electrons. The van der Waals surface area contributed by atoms with E-state index in [9.17, 15) is 4.79 Å². The summed E-state index contributed by atoms with van der Waals surface area (Å²) in [4.78, 5) is 12.3. The van der Waals surface area contributed by atoms with Crippen molar-refractivity contribution >= 4 is 17.9 Å². The van der Waals surface area contributed by atoms with Crippen molar-refractivity contribution in [3.05, 3.63) is 51.8 Å². The first-order valence-electron chi connectivity index (χ1n) is 6.12. The molecule has 0 spiro atoms. The lowest BCUT2D eigenvalue weighted by atomic mass is 10.3. The van der Waals surface area contributed by atoms with E-state index in [-0.39, 0.29) is 11.2 Å². The molecule has 3 rings (SSSR count). The molecule has 7 heteroatoms. The van der Waals surface area contributed by atoms with Crippen LogP contribution < -0.4 is 10.3 Å². The van der Waals surface area contributed by atoms with Gasteiger partial charge in [-0.2, -0.15) is 0 Å². The first-order chi connectivity index (χ1) is 9.70. The zero-order valence-corrected chi connectivity index (χ0v) is 11.6. The van der Waals surface area contributed by atoms with E-state index in [4.69, 9.17) is 17.0 Å². The van der Waals surface area contributed by atoms with Crippen LogP contribution in [-0.4, -0.2) is 25.8 Å². The molecule has 3 aromatic rings. The second-order valence-electron chi connectivity index (χ2n) is 4.12. The standard InChI is InChI=1S/C13H12N4O2S/c1-2-19-10-5-3-9(4-6-10)16-7-8-17-11(12(16)18)14-15-13(17)20/h3-8H,2H2,1H3,(H,15,20). The Labute approximate surface area is 119 Å². The monoisotopic (exact) mass is 288 g/mol. The molecule has 0 unspecified atom stereocenters. The average molecular weight is 288 g/mol. The van der Waals surface area contributed by atoms with Crippen LogP contribution >= 0.6 is 12.2 Å². The lowest BCUT2D eigenvalue weighted by Crippen LogP contribution is -2.20. The lowest BCUT2D eigenvalue weighted by molar-refractivity contribution is 0.340. The lowest BCUT2D eigenvalue weighted by Gasteiger charge is -2.07. The van der Waals surface area contributed by atoms with Gasteiger partial charge in [0.25, 0.3) is 0 Å². The minimum absolute atomic E-state index is 0.232. The number of aromatic nitrogens is 4. The second kappa shape index (κ2) is 4.93. The summed E-state index contributed by atoms with van der Waals surface area (Å²) < 4.78 is 8.84. The van der Waals surface area contributed by atoms with E-state index in [1.54, 1.807) is 16.8 Å². The van der Waals surface area contributed by atoms with E-state index >= 15 is 0 Å². The van der Waals surface area contributed by atoms with Crippen LogP contribution in [0, 0.1) is 4.77 Å². The maximum atomic E-state index is 12.3. The molecule has 0 aliphatic carbocycles. The summed E-state index contributed by atoms with van der Waals surface area (Å²) in [6.45, 7) is 2.53. The quantitative estimate of drug-likeness (QED) is 0.748. The summed E-state index contributed by atoms with van der Waals surface area (Å²) in [5.41, 5.74) is 0.783. The third-order valence-electron chi connectivity index (χ3n) is 2.91. The predicted octanol–water partition coefficient (Wildman–Crippen LogP) is 1.94. The molecule has 2 aromatic heterocycles. The normalized spacial score (nSPS) is 10.8. The van der Waals surface area contributed by atoms with Gasteiger partial charge in [0.05, 0.1) is 6.61 Å². The van der Waals surface area contributed by atoms with Crippen LogP contribution in [0.1, 0.15) is 6.92 Å². The van der Waals surface area contributed by atoms with Gasteiger partial charge in [0, 0.05) is 18.1 Å². The van der Waals surface area contributed by atoms with Gasteiger partial charge in [0.2, 0.25) is 5.65 Å².